The molecule has 18 heavy (non-hydrogen) atoms. The van der Waals surface area contributed by atoms with Crippen molar-refractivity contribution in [2.75, 3.05) is 0 Å². The number of carbonyl (C=O) groups is 1. The zero-order chi connectivity index (χ0) is 12.5. The van der Waals surface area contributed by atoms with Gasteiger partial charge in [-0.2, -0.15) is 0 Å². The van der Waals surface area contributed by atoms with Gasteiger partial charge < -0.3 is 4.79 Å². The maximum atomic E-state index is 11.3. The molecule has 0 saturated heterocycles. The molecule has 1 aromatic rings. The van der Waals surface area contributed by atoms with E-state index in [0.29, 0.717) is 11.8 Å². The minimum atomic E-state index is 0.119. The Morgan fingerprint density at radius 3 is 2.61 bits per heavy atom. The highest BCUT2D eigenvalue weighted by Gasteiger charge is 2.53. The van der Waals surface area contributed by atoms with Gasteiger partial charge in [0.25, 0.3) is 0 Å². The molecule has 0 amide bonds. The van der Waals surface area contributed by atoms with E-state index in [2.05, 4.69) is 0 Å². The van der Waals surface area contributed by atoms with Crippen molar-refractivity contribution in [1.29, 1.82) is 0 Å². The van der Waals surface area contributed by atoms with Crippen LogP contribution < -0.4 is 5.84 Å². The average Bonchev–Trinajstić information content (AvgIpc) is 2.99. The van der Waals surface area contributed by atoms with E-state index in [1.54, 1.807) is 4.68 Å². The zero-order valence-electron chi connectivity index (χ0n) is 10.4. The summed E-state index contributed by atoms with van der Waals surface area (Å²) in [4.78, 5) is 11.3. The van der Waals surface area contributed by atoms with Gasteiger partial charge in [0.05, 0.1) is 5.92 Å². The molecule has 0 unspecified atom stereocenters. The number of hydrazone groups is 1. The van der Waals surface area contributed by atoms with Crippen molar-refractivity contribution in [1.82, 2.24) is 0 Å². The molecule has 0 aliphatic heterocycles. The van der Waals surface area contributed by atoms with Crippen LogP contribution in [0.3, 0.4) is 0 Å². The molecule has 2 aliphatic carbocycles. The molecule has 3 rings (SSSR count). The van der Waals surface area contributed by atoms with Gasteiger partial charge in [-0.3, -0.25) is 0 Å². The lowest BCUT2D eigenvalue weighted by atomic mass is 9.85. The van der Waals surface area contributed by atoms with Crippen LogP contribution in [0.1, 0.15) is 24.8 Å². The summed E-state index contributed by atoms with van der Waals surface area (Å²) >= 11 is 0. The highest BCUT2D eigenvalue weighted by molar-refractivity contribution is 5.75. The molecule has 94 valence electrons. The number of carbonyl (C=O) groups excluding carboxylic acids is 1. The van der Waals surface area contributed by atoms with Crippen molar-refractivity contribution in [3.8, 4) is 0 Å². The van der Waals surface area contributed by atoms with Gasteiger partial charge in [-0.05, 0) is 37.3 Å². The van der Waals surface area contributed by atoms with Gasteiger partial charge in [-0.25, -0.2) is 5.84 Å². The molecule has 0 aromatic heterocycles. The molecule has 2 aliphatic rings. The lowest BCUT2D eigenvalue weighted by Crippen LogP contribution is -2.43. The third kappa shape index (κ3) is 1.84. The lowest BCUT2D eigenvalue weighted by Gasteiger charge is -2.22. The molecule has 2 bridgehead atoms. The average molecular weight is 243 g/mol. The van der Waals surface area contributed by atoms with Gasteiger partial charge in [-0.1, -0.05) is 18.2 Å². The van der Waals surface area contributed by atoms with Crippen LogP contribution in [0.25, 0.3) is 0 Å². The van der Waals surface area contributed by atoms with E-state index >= 15 is 0 Å². The first kappa shape index (κ1) is 11.5. The lowest BCUT2D eigenvalue weighted by molar-refractivity contribution is -0.585. The predicted octanol–water partition coefficient (Wildman–Crippen LogP) is 1.61. The predicted molar refractivity (Wildman–Crippen MR) is 70.2 cm³/mol. The van der Waals surface area contributed by atoms with Crippen molar-refractivity contribution in [3.63, 3.8) is 0 Å². The number of fused-ring (bicyclic) bond motifs is 2. The van der Waals surface area contributed by atoms with E-state index in [4.69, 9.17) is 5.84 Å². The highest BCUT2D eigenvalue weighted by atomic mass is 16.1. The molecule has 2 saturated carbocycles. The van der Waals surface area contributed by atoms with Gasteiger partial charge in [0, 0.05) is 11.5 Å². The second-order valence-electron chi connectivity index (χ2n) is 5.52. The number of rotatable bonds is 3. The highest BCUT2D eigenvalue weighted by Crippen LogP contribution is 2.48. The third-order valence-corrected chi connectivity index (χ3v) is 4.53. The fourth-order valence-electron chi connectivity index (χ4n) is 3.74. The fraction of sp³-hybridized carbons (Fsp3) is 0.467. The van der Waals surface area contributed by atoms with Crippen molar-refractivity contribution >= 4 is 12.5 Å². The number of aldehydes is 1. The van der Waals surface area contributed by atoms with Crippen LogP contribution in [0, 0.1) is 17.8 Å². The molecule has 4 atom stereocenters. The Morgan fingerprint density at radius 1 is 1.17 bits per heavy atom. The second-order valence-corrected chi connectivity index (χ2v) is 5.52. The molecule has 1 aromatic carbocycles. The topological polar surface area (TPSA) is 46.1 Å². The van der Waals surface area contributed by atoms with Crippen LogP contribution in [-0.4, -0.2) is 23.2 Å². The van der Waals surface area contributed by atoms with Crippen LogP contribution in [0.15, 0.2) is 30.3 Å². The standard InChI is InChI=1S/C15H19N2O/c16-17(9-11-4-2-1-3-5-11)15-13-7-6-12(8-13)14(15)10-18/h1-5,9-10,12-15H,6-8,16H2/q+1/b17-9-/t12-,13+,14+,15-/m1/s1. The number of benzene rings is 1. The normalized spacial score (nSPS) is 34.8. The minimum Gasteiger partial charge on any atom is -0.303 e. The van der Waals surface area contributed by atoms with Crippen molar-refractivity contribution in [2.45, 2.75) is 25.3 Å². The Balaban J connectivity index is 1.86. The van der Waals surface area contributed by atoms with Crippen molar-refractivity contribution in [2.24, 2.45) is 23.6 Å². The molecule has 0 spiro atoms. The number of hydrazine groups is 1. The Hall–Kier alpha value is -1.64. The van der Waals surface area contributed by atoms with E-state index < -0.39 is 0 Å². The van der Waals surface area contributed by atoms with Gasteiger partial charge in [0.2, 0.25) is 6.21 Å². The summed E-state index contributed by atoms with van der Waals surface area (Å²) in [6.07, 6.45) is 6.67. The largest absolute Gasteiger partial charge is 0.303 e. The quantitative estimate of drug-likeness (QED) is 0.288. The molecule has 0 radical (unpaired) electrons. The van der Waals surface area contributed by atoms with E-state index in [-0.39, 0.29) is 12.0 Å². The summed E-state index contributed by atoms with van der Waals surface area (Å²) in [5.41, 5.74) is 1.09. The van der Waals surface area contributed by atoms with Gasteiger partial charge in [0.15, 0.2) is 6.04 Å². The second kappa shape index (κ2) is 4.56. The van der Waals surface area contributed by atoms with E-state index in [0.717, 1.165) is 11.8 Å². The first-order valence-electron chi connectivity index (χ1n) is 6.68. The van der Waals surface area contributed by atoms with Crippen molar-refractivity contribution in [3.05, 3.63) is 35.9 Å². The molecule has 2 fully saturated rings. The smallest absolute Gasteiger partial charge is 0.200 e. The van der Waals surface area contributed by atoms with Crippen LogP contribution in [0.5, 0.6) is 0 Å². The number of hydrogen-bond donors (Lipinski definition) is 1. The first-order valence-corrected chi connectivity index (χ1v) is 6.68. The zero-order valence-corrected chi connectivity index (χ0v) is 10.4. The third-order valence-electron chi connectivity index (χ3n) is 4.53. The maximum Gasteiger partial charge on any atom is 0.200 e. The monoisotopic (exact) mass is 243 g/mol. The molecule has 3 heteroatoms. The minimum absolute atomic E-state index is 0.119. The van der Waals surface area contributed by atoms with E-state index in [9.17, 15) is 4.79 Å². The number of nitrogens with two attached hydrogens (primary N) is 1. The Labute approximate surface area is 107 Å². The SMILES string of the molecule is N/[N+](=C\c1ccccc1)[C@@H]1[C@H]2CC[C@H](C2)[C@@H]1C=O. The summed E-state index contributed by atoms with van der Waals surface area (Å²) < 4.78 is 1.78. The first-order chi connectivity index (χ1) is 8.79. The van der Waals surface area contributed by atoms with Crippen LogP contribution >= 0.6 is 0 Å². The fourth-order valence-corrected chi connectivity index (χ4v) is 3.74. The molecule has 0 heterocycles. The molecule has 3 nitrogen and oxygen atoms in total. The molecule has 2 N–H and O–H groups in total. The van der Waals surface area contributed by atoms with Crippen LogP contribution in [-0.2, 0) is 4.79 Å². The van der Waals surface area contributed by atoms with Crippen molar-refractivity contribution < 1.29 is 9.48 Å². The van der Waals surface area contributed by atoms with Gasteiger partial charge in [0.1, 0.15) is 6.29 Å². The van der Waals surface area contributed by atoms with E-state index in [1.165, 1.54) is 19.3 Å². The summed E-state index contributed by atoms with van der Waals surface area (Å²) in [5, 5.41) is 0. The summed E-state index contributed by atoms with van der Waals surface area (Å²) in [6, 6.07) is 10.2. The maximum absolute atomic E-state index is 11.3. The summed E-state index contributed by atoms with van der Waals surface area (Å²) in [5.74, 6) is 7.46. The van der Waals surface area contributed by atoms with Crippen LogP contribution in [0.2, 0.25) is 0 Å². The van der Waals surface area contributed by atoms with E-state index in [1.807, 2.05) is 36.5 Å². The van der Waals surface area contributed by atoms with Gasteiger partial charge >= 0.3 is 0 Å². The Bertz CT molecular complexity index is 469. The summed E-state index contributed by atoms with van der Waals surface area (Å²) in [6.45, 7) is 0. The molecular weight excluding hydrogens is 224 g/mol. The number of hydrogen-bond acceptors (Lipinski definition) is 2. The van der Waals surface area contributed by atoms with Gasteiger partial charge in [-0.15, -0.1) is 4.68 Å². The Morgan fingerprint density at radius 2 is 1.89 bits per heavy atom. The molecular formula is C15H19N2O+. The summed E-state index contributed by atoms with van der Waals surface area (Å²) in [7, 11) is 0. The Kier molecular flexibility index (Phi) is 2.90. The van der Waals surface area contributed by atoms with Crippen LogP contribution in [0.4, 0.5) is 0 Å². The number of nitrogens with zero attached hydrogens (tertiary/aromatic N) is 1.